The minimum Gasteiger partial charge on any atom is -0.508 e. The van der Waals surface area contributed by atoms with E-state index in [0.29, 0.717) is 0 Å². The summed E-state index contributed by atoms with van der Waals surface area (Å²) in [5.74, 6) is -1.73. The first kappa shape index (κ1) is 21.9. The second-order valence-electron chi connectivity index (χ2n) is 7.29. The minimum absolute atomic E-state index is 0.0661. The standard InChI is InChI=1S/C21H20O11/c22-7-13-15(26)17(28)18(29)21(31-13)32-20-16(27)14-11(25)5-10(24)6-12(14)30-19(20)8-1-3-9(23)4-2-8/h1-6,13,15,17-18,21-26,28-29H,7H2/t13-,15-,17+,18-,21-/m1/s1. The second-order valence-corrected chi connectivity index (χ2v) is 7.29. The molecule has 0 bridgehead atoms. The van der Waals surface area contributed by atoms with E-state index in [9.17, 15) is 40.5 Å². The first-order valence-electron chi connectivity index (χ1n) is 9.50. The molecule has 2 heterocycles. The van der Waals surface area contributed by atoms with Crippen LogP contribution in [0.15, 0.2) is 45.6 Å². The van der Waals surface area contributed by atoms with Crippen molar-refractivity contribution in [1.82, 2.24) is 0 Å². The van der Waals surface area contributed by atoms with E-state index in [-0.39, 0.29) is 33.8 Å². The van der Waals surface area contributed by atoms with Gasteiger partial charge in [-0.3, -0.25) is 4.79 Å². The number of phenols is 3. The van der Waals surface area contributed by atoms with Crippen LogP contribution in [0.1, 0.15) is 0 Å². The van der Waals surface area contributed by atoms with E-state index in [1.54, 1.807) is 0 Å². The highest BCUT2D eigenvalue weighted by atomic mass is 16.7. The summed E-state index contributed by atoms with van der Waals surface area (Å²) in [6, 6.07) is 7.48. The Morgan fingerprint density at radius 2 is 1.59 bits per heavy atom. The van der Waals surface area contributed by atoms with E-state index in [0.717, 1.165) is 12.1 Å². The molecule has 11 nitrogen and oxygen atoms in total. The number of benzene rings is 2. The van der Waals surface area contributed by atoms with Gasteiger partial charge in [0.05, 0.1) is 6.61 Å². The molecule has 1 aliphatic heterocycles. The van der Waals surface area contributed by atoms with Crippen molar-refractivity contribution in [3.05, 3.63) is 46.6 Å². The quantitative estimate of drug-likeness (QED) is 0.279. The Hall–Kier alpha value is -3.35. The Bertz CT molecular complexity index is 1190. The highest BCUT2D eigenvalue weighted by Crippen LogP contribution is 2.37. The molecule has 1 aromatic heterocycles. The van der Waals surface area contributed by atoms with Crippen molar-refractivity contribution < 1.29 is 49.6 Å². The number of ether oxygens (including phenoxy) is 2. The maximum absolute atomic E-state index is 13.2. The fourth-order valence-corrected chi connectivity index (χ4v) is 3.46. The highest BCUT2D eigenvalue weighted by Gasteiger charge is 2.45. The van der Waals surface area contributed by atoms with Crippen LogP contribution < -0.4 is 10.2 Å². The van der Waals surface area contributed by atoms with Crippen LogP contribution in [0.3, 0.4) is 0 Å². The Kier molecular flexibility index (Phi) is 5.67. The molecular weight excluding hydrogens is 428 g/mol. The highest BCUT2D eigenvalue weighted by molar-refractivity contribution is 5.88. The summed E-state index contributed by atoms with van der Waals surface area (Å²) < 4.78 is 16.6. The Balaban J connectivity index is 1.89. The van der Waals surface area contributed by atoms with E-state index in [1.807, 2.05) is 0 Å². The molecular formula is C21H20O11. The first-order valence-corrected chi connectivity index (χ1v) is 9.50. The fraction of sp³-hybridized carbons (Fsp3) is 0.286. The molecule has 1 saturated heterocycles. The van der Waals surface area contributed by atoms with Crippen LogP contribution in [0, 0.1) is 0 Å². The van der Waals surface area contributed by atoms with Crippen LogP contribution in [-0.2, 0) is 4.74 Å². The number of aliphatic hydroxyl groups is 4. The molecule has 0 radical (unpaired) electrons. The zero-order valence-corrected chi connectivity index (χ0v) is 16.3. The molecule has 4 rings (SSSR count). The summed E-state index contributed by atoms with van der Waals surface area (Å²) in [6.07, 6.45) is -8.16. The van der Waals surface area contributed by atoms with E-state index < -0.39 is 54.2 Å². The number of aromatic hydroxyl groups is 3. The van der Waals surface area contributed by atoms with Crippen molar-refractivity contribution in [1.29, 1.82) is 0 Å². The van der Waals surface area contributed by atoms with Gasteiger partial charge in [-0.1, -0.05) is 0 Å². The van der Waals surface area contributed by atoms with Gasteiger partial charge in [0, 0.05) is 17.7 Å². The number of aliphatic hydroxyl groups excluding tert-OH is 4. The Labute approximate surface area is 179 Å². The van der Waals surface area contributed by atoms with Crippen LogP contribution in [0.25, 0.3) is 22.3 Å². The van der Waals surface area contributed by atoms with Gasteiger partial charge >= 0.3 is 0 Å². The lowest BCUT2D eigenvalue weighted by Gasteiger charge is -2.39. The van der Waals surface area contributed by atoms with E-state index in [2.05, 4.69) is 0 Å². The molecule has 2 aromatic carbocycles. The van der Waals surface area contributed by atoms with Crippen molar-refractivity contribution in [2.75, 3.05) is 6.61 Å². The lowest BCUT2D eigenvalue weighted by molar-refractivity contribution is -0.277. The maximum atomic E-state index is 13.2. The molecule has 3 aromatic rings. The average molecular weight is 448 g/mol. The monoisotopic (exact) mass is 448 g/mol. The molecule has 11 heteroatoms. The topological polar surface area (TPSA) is 190 Å². The first-order chi connectivity index (χ1) is 15.2. The maximum Gasteiger partial charge on any atom is 0.239 e. The normalized spacial score (nSPS) is 25.7. The third-order valence-electron chi connectivity index (χ3n) is 5.13. The van der Waals surface area contributed by atoms with Crippen molar-refractivity contribution >= 4 is 11.0 Å². The summed E-state index contributed by atoms with van der Waals surface area (Å²) >= 11 is 0. The van der Waals surface area contributed by atoms with Gasteiger partial charge < -0.3 is 49.6 Å². The van der Waals surface area contributed by atoms with Crippen molar-refractivity contribution in [3.63, 3.8) is 0 Å². The second kappa shape index (κ2) is 8.30. The Morgan fingerprint density at radius 1 is 0.906 bits per heavy atom. The zero-order chi connectivity index (χ0) is 23.2. The zero-order valence-electron chi connectivity index (χ0n) is 16.3. The summed E-state index contributed by atoms with van der Waals surface area (Å²) in [5.41, 5.74) is -0.801. The molecule has 0 aliphatic carbocycles. The van der Waals surface area contributed by atoms with Crippen LogP contribution in [0.4, 0.5) is 0 Å². The molecule has 32 heavy (non-hydrogen) atoms. The van der Waals surface area contributed by atoms with Crippen molar-refractivity contribution in [3.8, 4) is 34.3 Å². The molecule has 0 spiro atoms. The van der Waals surface area contributed by atoms with Gasteiger partial charge in [0.1, 0.15) is 52.6 Å². The van der Waals surface area contributed by atoms with Gasteiger partial charge in [0.25, 0.3) is 0 Å². The van der Waals surface area contributed by atoms with E-state index >= 15 is 0 Å². The average Bonchev–Trinajstić information content (AvgIpc) is 2.75. The fourth-order valence-electron chi connectivity index (χ4n) is 3.46. The predicted molar refractivity (Wildman–Crippen MR) is 107 cm³/mol. The van der Waals surface area contributed by atoms with E-state index in [4.69, 9.17) is 13.9 Å². The molecule has 1 aliphatic rings. The SMILES string of the molecule is O=c1c(O[C@H]2O[C@H](CO)[C@@H](O)[C@H](O)[C@H]2O)c(-c2ccc(O)cc2)oc2cc(O)cc(O)c12. The Morgan fingerprint density at radius 3 is 2.25 bits per heavy atom. The predicted octanol–water partition coefficient (Wildman–Crippen LogP) is -0.244. The number of hydrogen-bond acceptors (Lipinski definition) is 11. The smallest absolute Gasteiger partial charge is 0.239 e. The van der Waals surface area contributed by atoms with Crippen LogP contribution >= 0.6 is 0 Å². The summed E-state index contributed by atoms with van der Waals surface area (Å²) in [6.45, 7) is -0.706. The van der Waals surface area contributed by atoms with Crippen LogP contribution in [-0.4, -0.2) is 73.1 Å². The molecule has 0 saturated carbocycles. The number of phenolic OH excluding ortho intramolecular Hbond substituents is 3. The van der Waals surface area contributed by atoms with Gasteiger partial charge in [-0.05, 0) is 24.3 Å². The lowest BCUT2D eigenvalue weighted by atomic mass is 9.99. The lowest BCUT2D eigenvalue weighted by Crippen LogP contribution is -2.60. The van der Waals surface area contributed by atoms with Crippen molar-refractivity contribution in [2.45, 2.75) is 30.7 Å². The number of hydrogen-bond donors (Lipinski definition) is 7. The van der Waals surface area contributed by atoms with E-state index in [1.165, 1.54) is 24.3 Å². The van der Waals surface area contributed by atoms with Crippen LogP contribution in [0.5, 0.6) is 23.0 Å². The molecule has 1 fully saturated rings. The third kappa shape index (κ3) is 3.72. The number of fused-ring (bicyclic) bond motifs is 1. The van der Waals surface area contributed by atoms with Gasteiger partial charge in [-0.25, -0.2) is 0 Å². The molecule has 7 N–H and O–H groups in total. The van der Waals surface area contributed by atoms with Gasteiger partial charge in [-0.15, -0.1) is 0 Å². The van der Waals surface area contributed by atoms with Gasteiger partial charge in [-0.2, -0.15) is 0 Å². The molecule has 0 amide bonds. The van der Waals surface area contributed by atoms with Gasteiger partial charge in [0.2, 0.25) is 17.5 Å². The van der Waals surface area contributed by atoms with Crippen LogP contribution in [0.2, 0.25) is 0 Å². The number of rotatable bonds is 4. The summed E-state index contributed by atoms with van der Waals surface area (Å²) in [7, 11) is 0. The molecule has 170 valence electrons. The summed E-state index contributed by atoms with van der Waals surface area (Å²) in [5, 5.41) is 68.8. The molecule has 0 unspecified atom stereocenters. The van der Waals surface area contributed by atoms with Crippen molar-refractivity contribution in [2.24, 2.45) is 0 Å². The van der Waals surface area contributed by atoms with Gasteiger partial charge in [0.15, 0.2) is 5.76 Å². The largest absolute Gasteiger partial charge is 0.508 e. The summed E-state index contributed by atoms with van der Waals surface area (Å²) in [4.78, 5) is 13.2. The minimum atomic E-state index is -1.80. The third-order valence-corrected chi connectivity index (χ3v) is 5.13. The molecule has 5 atom stereocenters.